The average Bonchev–Trinajstić information content (AvgIpc) is 2.81. The number of nitro benzene ring substituents is 1. The fourth-order valence-corrected chi connectivity index (χ4v) is 3.87. The zero-order chi connectivity index (χ0) is 23.4. The molecule has 2 heterocycles. The third kappa shape index (κ3) is 5.24. The van der Waals surface area contributed by atoms with Crippen LogP contribution < -0.4 is 10.7 Å². The van der Waals surface area contributed by atoms with Gasteiger partial charge in [-0.2, -0.15) is 0 Å². The number of pyridine rings is 1. The van der Waals surface area contributed by atoms with E-state index < -0.39 is 22.1 Å². The van der Waals surface area contributed by atoms with E-state index in [-0.39, 0.29) is 23.2 Å². The van der Waals surface area contributed by atoms with Gasteiger partial charge in [-0.05, 0) is 23.8 Å². The molecule has 1 saturated heterocycles. The van der Waals surface area contributed by atoms with Gasteiger partial charge in [-0.15, -0.1) is 0 Å². The van der Waals surface area contributed by atoms with Crippen LogP contribution in [0.1, 0.15) is 15.9 Å². The standard InChI is InChI=1S/C23H23FN4O5/c24-17-3-1-2-16(12-17)14-27-15-20(23(30)25-6-7-26-8-10-33-11-9-26)22(29)19-13-18(28(31)32)4-5-21(19)27/h1-5,12-13,15H,6-11,14H2,(H,25,30). The molecule has 1 N–H and O–H groups in total. The van der Waals surface area contributed by atoms with Gasteiger partial charge in [-0.1, -0.05) is 12.1 Å². The minimum atomic E-state index is -0.592. The molecule has 10 heteroatoms. The Bertz CT molecular complexity index is 1250. The van der Waals surface area contributed by atoms with E-state index in [4.69, 9.17) is 4.74 Å². The van der Waals surface area contributed by atoms with Crippen LogP contribution in [0.4, 0.5) is 10.1 Å². The molecule has 1 aromatic heterocycles. The molecular formula is C23H23FN4O5. The number of nitrogens with zero attached hydrogens (tertiary/aromatic N) is 3. The van der Waals surface area contributed by atoms with E-state index in [1.165, 1.54) is 36.5 Å². The smallest absolute Gasteiger partial charge is 0.270 e. The number of nitrogens with one attached hydrogen (secondary N) is 1. The van der Waals surface area contributed by atoms with Crippen LogP contribution in [0, 0.1) is 15.9 Å². The number of non-ortho nitro benzene ring substituents is 1. The molecular weight excluding hydrogens is 431 g/mol. The van der Waals surface area contributed by atoms with Crippen molar-refractivity contribution in [3.8, 4) is 0 Å². The van der Waals surface area contributed by atoms with Crippen molar-refractivity contribution in [2.45, 2.75) is 6.54 Å². The van der Waals surface area contributed by atoms with E-state index in [9.17, 15) is 24.1 Å². The van der Waals surface area contributed by atoms with Gasteiger partial charge in [0.25, 0.3) is 11.6 Å². The number of aromatic nitrogens is 1. The second-order valence-electron chi connectivity index (χ2n) is 7.80. The summed E-state index contributed by atoms with van der Waals surface area (Å²) in [5.41, 5.74) is 0.0768. The maximum Gasteiger partial charge on any atom is 0.270 e. The normalized spacial score (nSPS) is 14.3. The van der Waals surface area contributed by atoms with Crippen LogP contribution in [0.3, 0.4) is 0 Å². The maximum atomic E-state index is 13.7. The number of morpholine rings is 1. The first-order valence-electron chi connectivity index (χ1n) is 10.6. The summed E-state index contributed by atoms with van der Waals surface area (Å²) in [6, 6.07) is 9.91. The van der Waals surface area contributed by atoms with Crippen LogP contribution in [0.25, 0.3) is 10.9 Å². The van der Waals surface area contributed by atoms with Crippen molar-refractivity contribution in [3.63, 3.8) is 0 Å². The van der Waals surface area contributed by atoms with Gasteiger partial charge in [0.1, 0.15) is 11.4 Å². The molecule has 33 heavy (non-hydrogen) atoms. The summed E-state index contributed by atoms with van der Waals surface area (Å²) >= 11 is 0. The molecule has 0 atom stereocenters. The topological polar surface area (TPSA) is 107 Å². The molecule has 1 aliphatic heterocycles. The number of halogens is 1. The van der Waals surface area contributed by atoms with E-state index in [1.54, 1.807) is 16.7 Å². The van der Waals surface area contributed by atoms with Gasteiger partial charge in [0.15, 0.2) is 0 Å². The van der Waals surface area contributed by atoms with Gasteiger partial charge < -0.3 is 14.6 Å². The first-order chi connectivity index (χ1) is 15.9. The van der Waals surface area contributed by atoms with Crippen LogP contribution in [0.15, 0.2) is 53.5 Å². The number of ether oxygens (including phenoxy) is 1. The Balaban J connectivity index is 1.66. The maximum absolute atomic E-state index is 13.7. The zero-order valence-electron chi connectivity index (χ0n) is 17.8. The molecule has 1 aliphatic rings. The van der Waals surface area contributed by atoms with Gasteiger partial charge in [0.05, 0.1) is 29.0 Å². The minimum Gasteiger partial charge on any atom is -0.379 e. The fourth-order valence-electron chi connectivity index (χ4n) is 3.87. The first-order valence-corrected chi connectivity index (χ1v) is 10.6. The van der Waals surface area contributed by atoms with Gasteiger partial charge in [0, 0.05) is 51.1 Å². The number of carbonyl (C=O) groups is 1. The van der Waals surface area contributed by atoms with Crippen LogP contribution in [0.5, 0.6) is 0 Å². The van der Waals surface area contributed by atoms with Crippen LogP contribution in [-0.2, 0) is 11.3 Å². The molecule has 172 valence electrons. The SMILES string of the molecule is O=C(NCCN1CCOCC1)c1cn(Cc2cccc(F)c2)c2ccc([N+](=O)[O-])cc2c1=O. The summed E-state index contributed by atoms with van der Waals surface area (Å²) in [6.45, 7) is 3.97. The largest absolute Gasteiger partial charge is 0.379 e. The fraction of sp³-hybridized carbons (Fsp3) is 0.304. The molecule has 0 spiro atoms. The summed E-state index contributed by atoms with van der Waals surface area (Å²) in [4.78, 5) is 38.7. The van der Waals surface area contributed by atoms with Crippen LogP contribution in [-0.4, -0.2) is 59.7 Å². The van der Waals surface area contributed by atoms with Gasteiger partial charge in [-0.3, -0.25) is 24.6 Å². The second kappa shape index (κ2) is 9.88. The summed E-state index contributed by atoms with van der Waals surface area (Å²) in [6.07, 6.45) is 1.42. The lowest BCUT2D eigenvalue weighted by Gasteiger charge is -2.26. The number of hydrogen-bond acceptors (Lipinski definition) is 6. The predicted molar refractivity (Wildman–Crippen MR) is 120 cm³/mol. The Morgan fingerprint density at radius 3 is 2.70 bits per heavy atom. The van der Waals surface area contributed by atoms with Crippen molar-refractivity contribution in [2.75, 3.05) is 39.4 Å². The monoisotopic (exact) mass is 454 g/mol. The lowest BCUT2D eigenvalue weighted by molar-refractivity contribution is -0.384. The number of amides is 1. The van der Waals surface area contributed by atoms with E-state index in [0.717, 1.165) is 13.1 Å². The average molecular weight is 454 g/mol. The highest BCUT2D eigenvalue weighted by atomic mass is 19.1. The highest BCUT2D eigenvalue weighted by molar-refractivity contribution is 5.97. The Kier molecular flexibility index (Phi) is 6.76. The number of nitro groups is 1. The Labute approximate surface area is 188 Å². The molecule has 1 fully saturated rings. The van der Waals surface area contributed by atoms with Crippen molar-refractivity contribution >= 4 is 22.5 Å². The summed E-state index contributed by atoms with van der Waals surface area (Å²) in [5, 5.41) is 14.1. The molecule has 0 bridgehead atoms. The van der Waals surface area contributed by atoms with E-state index in [1.807, 2.05) is 0 Å². The van der Waals surface area contributed by atoms with E-state index in [2.05, 4.69) is 10.2 Å². The van der Waals surface area contributed by atoms with E-state index >= 15 is 0 Å². The Hall–Kier alpha value is -3.63. The molecule has 0 saturated carbocycles. The second-order valence-corrected chi connectivity index (χ2v) is 7.80. The van der Waals surface area contributed by atoms with Crippen molar-refractivity contribution in [1.29, 1.82) is 0 Å². The van der Waals surface area contributed by atoms with Crippen molar-refractivity contribution < 1.29 is 18.8 Å². The molecule has 0 radical (unpaired) electrons. The highest BCUT2D eigenvalue weighted by Gasteiger charge is 2.19. The molecule has 4 rings (SSSR count). The number of benzene rings is 2. The molecule has 1 amide bonds. The van der Waals surface area contributed by atoms with Gasteiger partial charge in [-0.25, -0.2) is 4.39 Å². The molecule has 0 aliphatic carbocycles. The predicted octanol–water partition coefficient (Wildman–Crippen LogP) is 2.16. The van der Waals surface area contributed by atoms with Gasteiger partial charge >= 0.3 is 0 Å². The number of rotatable bonds is 7. The lowest BCUT2D eigenvalue weighted by Crippen LogP contribution is -2.42. The number of carbonyl (C=O) groups excluding carboxylic acids is 1. The summed E-state index contributed by atoms with van der Waals surface area (Å²) < 4.78 is 20.6. The van der Waals surface area contributed by atoms with Crippen molar-refractivity contribution in [3.05, 3.63) is 85.9 Å². The minimum absolute atomic E-state index is 0.0569. The molecule has 0 unspecified atom stereocenters. The quantitative estimate of drug-likeness (QED) is 0.433. The summed E-state index contributed by atoms with van der Waals surface area (Å²) in [5.74, 6) is -0.968. The van der Waals surface area contributed by atoms with Crippen molar-refractivity contribution in [2.24, 2.45) is 0 Å². The zero-order valence-corrected chi connectivity index (χ0v) is 17.8. The lowest BCUT2D eigenvalue weighted by atomic mass is 10.1. The third-order valence-corrected chi connectivity index (χ3v) is 5.58. The first kappa shape index (κ1) is 22.6. The van der Waals surface area contributed by atoms with Crippen molar-refractivity contribution in [1.82, 2.24) is 14.8 Å². The number of hydrogen-bond donors (Lipinski definition) is 1. The molecule has 9 nitrogen and oxygen atoms in total. The Morgan fingerprint density at radius 1 is 1.18 bits per heavy atom. The molecule has 2 aromatic carbocycles. The number of fused-ring (bicyclic) bond motifs is 1. The highest BCUT2D eigenvalue weighted by Crippen LogP contribution is 2.20. The third-order valence-electron chi connectivity index (χ3n) is 5.58. The van der Waals surface area contributed by atoms with Gasteiger partial charge in [0.2, 0.25) is 5.43 Å². The Morgan fingerprint density at radius 2 is 1.97 bits per heavy atom. The van der Waals surface area contributed by atoms with Crippen LogP contribution >= 0.6 is 0 Å². The summed E-state index contributed by atoms with van der Waals surface area (Å²) in [7, 11) is 0. The molecule has 3 aromatic rings. The van der Waals surface area contributed by atoms with Crippen LogP contribution in [0.2, 0.25) is 0 Å². The van der Waals surface area contributed by atoms with E-state index in [0.29, 0.717) is 37.4 Å².